The first-order valence-corrected chi connectivity index (χ1v) is 8.41. The molecule has 6 nitrogen and oxygen atoms in total. The van der Waals surface area contributed by atoms with Crippen LogP contribution in [0.25, 0.3) is 11.5 Å². The number of amides is 1. The number of aryl methyl sites for hydroxylation is 1. The minimum atomic E-state index is -0.0338. The molecular formula is C17H17N3O3S. The third-order valence-electron chi connectivity index (χ3n) is 3.36. The molecule has 24 heavy (non-hydrogen) atoms. The lowest BCUT2D eigenvalue weighted by molar-refractivity contribution is -0.127. The van der Waals surface area contributed by atoms with Gasteiger partial charge in [0.1, 0.15) is 11.5 Å². The molecule has 0 radical (unpaired) electrons. The Labute approximate surface area is 143 Å². The molecule has 0 atom stereocenters. The minimum absolute atomic E-state index is 0.0338. The van der Waals surface area contributed by atoms with Gasteiger partial charge >= 0.3 is 0 Å². The van der Waals surface area contributed by atoms with E-state index >= 15 is 0 Å². The van der Waals surface area contributed by atoms with E-state index in [1.54, 1.807) is 11.9 Å². The molecule has 2 aromatic heterocycles. The lowest BCUT2D eigenvalue weighted by Crippen LogP contribution is -2.27. The maximum absolute atomic E-state index is 12.2. The average Bonchev–Trinajstić information content (AvgIpc) is 3.22. The monoisotopic (exact) mass is 343 g/mol. The summed E-state index contributed by atoms with van der Waals surface area (Å²) in [5.74, 6) is 2.24. The molecule has 0 unspecified atom stereocenters. The van der Waals surface area contributed by atoms with Crippen LogP contribution in [0.4, 0.5) is 0 Å². The molecule has 7 heteroatoms. The van der Waals surface area contributed by atoms with Gasteiger partial charge in [0.25, 0.3) is 5.22 Å². The van der Waals surface area contributed by atoms with Gasteiger partial charge < -0.3 is 13.7 Å². The molecule has 3 rings (SSSR count). The summed E-state index contributed by atoms with van der Waals surface area (Å²) in [6, 6.07) is 13.3. The second-order valence-corrected chi connectivity index (χ2v) is 6.22. The first-order valence-electron chi connectivity index (χ1n) is 7.43. The van der Waals surface area contributed by atoms with Crippen molar-refractivity contribution in [1.82, 2.24) is 15.1 Å². The second-order valence-electron chi connectivity index (χ2n) is 5.29. The lowest BCUT2D eigenvalue weighted by atomic mass is 10.2. The Kier molecular flexibility index (Phi) is 5.00. The first kappa shape index (κ1) is 16.3. The highest BCUT2D eigenvalue weighted by atomic mass is 32.2. The van der Waals surface area contributed by atoms with E-state index in [1.807, 2.05) is 49.4 Å². The van der Waals surface area contributed by atoms with Crippen LogP contribution in [0.15, 0.2) is 56.5 Å². The van der Waals surface area contributed by atoms with Crippen LogP contribution in [-0.2, 0) is 11.3 Å². The molecule has 1 amide bonds. The van der Waals surface area contributed by atoms with Crippen LogP contribution in [0.1, 0.15) is 11.5 Å². The Bertz CT molecular complexity index is 813. The van der Waals surface area contributed by atoms with Crippen LogP contribution in [0.3, 0.4) is 0 Å². The van der Waals surface area contributed by atoms with E-state index in [0.717, 1.165) is 17.1 Å². The van der Waals surface area contributed by atoms with Gasteiger partial charge in [-0.1, -0.05) is 30.0 Å². The Balaban J connectivity index is 1.53. The number of carbonyl (C=O) groups excluding carboxylic acids is 1. The number of carbonyl (C=O) groups is 1. The van der Waals surface area contributed by atoms with Gasteiger partial charge in [0.15, 0.2) is 0 Å². The Hall–Kier alpha value is -2.54. The Morgan fingerprint density at radius 1 is 1.12 bits per heavy atom. The molecule has 0 aliphatic rings. The van der Waals surface area contributed by atoms with Gasteiger partial charge in [-0.15, -0.1) is 10.2 Å². The van der Waals surface area contributed by atoms with Crippen LogP contribution in [-0.4, -0.2) is 33.8 Å². The van der Waals surface area contributed by atoms with Crippen molar-refractivity contribution < 1.29 is 13.6 Å². The molecule has 124 valence electrons. The predicted molar refractivity (Wildman–Crippen MR) is 90.4 cm³/mol. The van der Waals surface area contributed by atoms with E-state index in [-0.39, 0.29) is 11.7 Å². The van der Waals surface area contributed by atoms with Gasteiger partial charge in [-0.3, -0.25) is 4.79 Å². The van der Waals surface area contributed by atoms with E-state index < -0.39 is 0 Å². The third-order valence-corrected chi connectivity index (χ3v) is 4.16. The summed E-state index contributed by atoms with van der Waals surface area (Å²) in [5, 5.41) is 8.35. The van der Waals surface area contributed by atoms with Crippen molar-refractivity contribution in [2.75, 3.05) is 12.8 Å². The van der Waals surface area contributed by atoms with Crippen molar-refractivity contribution in [2.45, 2.75) is 18.7 Å². The van der Waals surface area contributed by atoms with E-state index in [4.69, 9.17) is 8.83 Å². The SMILES string of the molecule is Cc1ccc(CN(C)C(=O)CSc2nnc(-c3ccccc3)o2)o1. The largest absolute Gasteiger partial charge is 0.464 e. The van der Waals surface area contributed by atoms with Crippen molar-refractivity contribution >= 4 is 17.7 Å². The molecule has 0 saturated carbocycles. The number of benzene rings is 1. The van der Waals surface area contributed by atoms with Crippen LogP contribution in [0, 0.1) is 6.92 Å². The van der Waals surface area contributed by atoms with Gasteiger partial charge in [0.05, 0.1) is 12.3 Å². The molecule has 0 saturated heterocycles. The molecule has 0 bridgehead atoms. The highest BCUT2D eigenvalue weighted by molar-refractivity contribution is 7.99. The number of rotatable bonds is 6. The van der Waals surface area contributed by atoms with E-state index in [9.17, 15) is 4.79 Å². The fraction of sp³-hybridized carbons (Fsp3) is 0.235. The summed E-state index contributed by atoms with van der Waals surface area (Å²) >= 11 is 1.23. The number of aromatic nitrogens is 2. The lowest BCUT2D eigenvalue weighted by Gasteiger charge is -2.14. The van der Waals surface area contributed by atoms with Crippen molar-refractivity contribution in [3.63, 3.8) is 0 Å². The molecule has 0 aliphatic carbocycles. The van der Waals surface area contributed by atoms with E-state index in [0.29, 0.717) is 17.7 Å². The summed E-state index contributed by atoms with van der Waals surface area (Å²) in [4.78, 5) is 13.8. The van der Waals surface area contributed by atoms with Gasteiger partial charge in [-0.2, -0.15) is 0 Å². The summed E-state index contributed by atoms with van der Waals surface area (Å²) < 4.78 is 11.1. The number of thioether (sulfide) groups is 1. The van der Waals surface area contributed by atoms with Crippen LogP contribution in [0.2, 0.25) is 0 Å². The van der Waals surface area contributed by atoms with Crippen LogP contribution in [0.5, 0.6) is 0 Å². The average molecular weight is 343 g/mol. The van der Waals surface area contributed by atoms with E-state index in [2.05, 4.69) is 10.2 Å². The summed E-state index contributed by atoms with van der Waals surface area (Å²) in [6.45, 7) is 2.31. The number of hydrogen-bond acceptors (Lipinski definition) is 6. The van der Waals surface area contributed by atoms with E-state index in [1.165, 1.54) is 11.8 Å². The van der Waals surface area contributed by atoms with Gasteiger partial charge in [0.2, 0.25) is 11.8 Å². The van der Waals surface area contributed by atoms with Crippen molar-refractivity contribution in [3.8, 4) is 11.5 Å². The number of nitrogens with zero attached hydrogens (tertiary/aromatic N) is 3. The zero-order valence-electron chi connectivity index (χ0n) is 13.4. The zero-order chi connectivity index (χ0) is 16.9. The molecule has 3 aromatic rings. The normalized spacial score (nSPS) is 10.8. The van der Waals surface area contributed by atoms with Crippen LogP contribution < -0.4 is 0 Å². The maximum atomic E-state index is 12.2. The maximum Gasteiger partial charge on any atom is 0.277 e. The van der Waals surface area contributed by atoms with Gasteiger partial charge in [-0.25, -0.2) is 0 Å². The molecule has 0 aliphatic heterocycles. The summed E-state index contributed by atoms with van der Waals surface area (Å²) in [5.41, 5.74) is 0.855. The van der Waals surface area contributed by atoms with Crippen molar-refractivity contribution in [2.24, 2.45) is 0 Å². The smallest absolute Gasteiger partial charge is 0.277 e. The van der Waals surface area contributed by atoms with Crippen molar-refractivity contribution in [1.29, 1.82) is 0 Å². The first-order chi connectivity index (χ1) is 11.6. The quantitative estimate of drug-likeness (QED) is 0.639. The highest BCUT2D eigenvalue weighted by Gasteiger charge is 2.15. The molecule has 0 N–H and O–H groups in total. The Morgan fingerprint density at radius 3 is 2.62 bits per heavy atom. The second kappa shape index (κ2) is 7.35. The molecule has 0 spiro atoms. The Morgan fingerprint density at radius 2 is 1.92 bits per heavy atom. The molecule has 0 fully saturated rings. The van der Waals surface area contributed by atoms with Gasteiger partial charge in [0, 0.05) is 12.6 Å². The highest BCUT2D eigenvalue weighted by Crippen LogP contribution is 2.23. The fourth-order valence-electron chi connectivity index (χ4n) is 2.09. The summed E-state index contributed by atoms with van der Waals surface area (Å²) in [6.07, 6.45) is 0. The molecule has 2 heterocycles. The zero-order valence-corrected chi connectivity index (χ0v) is 14.2. The number of hydrogen-bond donors (Lipinski definition) is 0. The van der Waals surface area contributed by atoms with Gasteiger partial charge in [-0.05, 0) is 31.2 Å². The minimum Gasteiger partial charge on any atom is -0.464 e. The standard InChI is InChI=1S/C17H17N3O3S/c1-12-8-9-14(22-12)10-20(2)15(21)11-24-17-19-18-16(23-17)13-6-4-3-5-7-13/h3-9H,10-11H2,1-2H3. The van der Waals surface area contributed by atoms with Crippen LogP contribution >= 0.6 is 11.8 Å². The molecule has 1 aromatic carbocycles. The molecular weight excluding hydrogens is 326 g/mol. The topological polar surface area (TPSA) is 72.4 Å². The fourth-order valence-corrected chi connectivity index (χ4v) is 2.79. The summed E-state index contributed by atoms with van der Waals surface area (Å²) in [7, 11) is 1.74. The number of furan rings is 1. The third kappa shape index (κ3) is 4.05. The predicted octanol–water partition coefficient (Wildman–Crippen LogP) is 3.39. The van der Waals surface area contributed by atoms with Crippen molar-refractivity contribution in [3.05, 3.63) is 54.0 Å².